The molecule has 170 valence electrons. The van der Waals surface area contributed by atoms with Gasteiger partial charge in [0.05, 0.1) is 17.7 Å². The van der Waals surface area contributed by atoms with Crippen molar-refractivity contribution in [2.45, 2.75) is 32.6 Å². The molecular weight excluding hydrogens is 420 g/mol. The number of benzene rings is 3. The van der Waals surface area contributed by atoms with E-state index in [9.17, 15) is 14.4 Å². The second-order valence-electron chi connectivity index (χ2n) is 7.43. The Bertz CT molecular complexity index is 1070. The normalized spacial score (nSPS) is 10.3. The van der Waals surface area contributed by atoms with Crippen LogP contribution in [-0.4, -0.2) is 24.8 Å². The Morgan fingerprint density at radius 1 is 0.727 bits per heavy atom. The Morgan fingerprint density at radius 2 is 1.33 bits per heavy atom. The fraction of sp³-hybridized carbons (Fsp3) is 0.222. The van der Waals surface area contributed by atoms with Gasteiger partial charge in [0.15, 0.2) is 0 Å². The van der Waals surface area contributed by atoms with E-state index in [2.05, 4.69) is 6.92 Å². The van der Waals surface area contributed by atoms with Crippen LogP contribution in [0.2, 0.25) is 0 Å². The predicted molar refractivity (Wildman–Crippen MR) is 124 cm³/mol. The second-order valence-corrected chi connectivity index (χ2v) is 7.43. The lowest BCUT2D eigenvalue weighted by atomic mass is 10.2. The zero-order chi connectivity index (χ0) is 23.5. The molecule has 0 saturated carbocycles. The van der Waals surface area contributed by atoms with Crippen LogP contribution < -0.4 is 14.2 Å². The Labute approximate surface area is 193 Å². The minimum absolute atomic E-state index is 0.272. The van der Waals surface area contributed by atoms with Crippen molar-refractivity contribution in [1.82, 2.24) is 0 Å². The van der Waals surface area contributed by atoms with E-state index < -0.39 is 11.9 Å². The number of unbranched alkanes of at least 4 members (excludes halogenated alkanes) is 3. The monoisotopic (exact) mass is 446 g/mol. The Hall–Kier alpha value is -3.93. The third-order valence-corrected chi connectivity index (χ3v) is 4.86. The topological polar surface area (TPSA) is 78.9 Å². The first-order chi connectivity index (χ1) is 16.1. The van der Waals surface area contributed by atoms with E-state index in [0.29, 0.717) is 35.5 Å². The Kier molecular flexibility index (Phi) is 8.77. The smallest absolute Gasteiger partial charge is 0.343 e. The molecule has 0 fully saturated rings. The molecule has 0 aliphatic rings. The molecule has 0 atom stereocenters. The SMILES string of the molecule is CCCCCCOc1ccc(C(=O)Oc2ccc(C(=O)Oc3cccc(C=O)c3)cc2)cc1. The fourth-order valence-electron chi connectivity index (χ4n) is 3.05. The van der Waals surface area contributed by atoms with Crippen molar-refractivity contribution in [3.05, 3.63) is 89.5 Å². The number of aldehydes is 1. The maximum Gasteiger partial charge on any atom is 0.343 e. The van der Waals surface area contributed by atoms with Gasteiger partial charge in [-0.2, -0.15) is 0 Å². The summed E-state index contributed by atoms with van der Waals surface area (Å²) in [5, 5.41) is 0. The summed E-state index contributed by atoms with van der Waals surface area (Å²) < 4.78 is 16.3. The largest absolute Gasteiger partial charge is 0.494 e. The van der Waals surface area contributed by atoms with Crippen LogP contribution in [0.5, 0.6) is 17.2 Å². The van der Waals surface area contributed by atoms with Crippen molar-refractivity contribution in [3.8, 4) is 17.2 Å². The van der Waals surface area contributed by atoms with Gasteiger partial charge < -0.3 is 14.2 Å². The first kappa shape index (κ1) is 23.7. The van der Waals surface area contributed by atoms with Crippen LogP contribution in [0.1, 0.15) is 63.7 Å². The van der Waals surface area contributed by atoms with Gasteiger partial charge in [0.2, 0.25) is 0 Å². The quantitative estimate of drug-likeness (QED) is 0.158. The average molecular weight is 446 g/mol. The first-order valence-electron chi connectivity index (χ1n) is 10.9. The van der Waals surface area contributed by atoms with E-state index in [-0.39, 0.29) is 11.3 Å². The summed E-state index contributed by atoms with van der Waals surface area (Å²) in [5.74, 6) is 0.195. The van der Waals surface area contributed by atoms with Crippen molar-refractivity contribution in [2.24, 2.45) is 0 Å². The number of carbonyl (C=O) groups is 3. The molecular formula is C27H26O6. The van der Waals surface area contributed by atoms with Gasteiger partial charge in [-0.25, -0.2) is 9.59 Å². The van der Waals surface area contributed by atoms with Gasteiger partial charge >= 0.3 is 11.9 Å². The van der Waals surface area contributed by atoms with Gasteiger partial charge in [-0.15, -0.1) is 0 Å². The maximum atomic E-state index is 12.4. The molecule has 0 unspecified atom stereocenters. The lowest BCUT2D eigenvalue weighted by Gasteiger charge is -2.08. The molecule has 6 nitrogen and oxygen atoms in total. The number of carbonyl (C=O) groups excluding carboxylic acids is 3. The summed E-state index contributed by atoms with van der Waals surface area (Å²) in [7, 11) is 0. The summed E-state index contributed by atoms with van der Waals surface area (Å²) >= 11 is 0. The van der Waals surface area contributed by atoms with E-state index in [1.165, 1.54) is 43.2 Å². The standard InChI is InChI=1S/C27H26O6/c1-2-3-4-5-17-31-23-13-9-21(10-14-23)26(29)32-24-15-11-22(12-16-24)27(30)33-25-8-6-7-20(18-25)19-28/h6-16,18-19H,2-5,17H2,1H3. The minimum Gasteiger partial charge on any atom is -0.494 e. The first-order valence-corrected chi connectivity index (χ1v) is 10.9. The molecule has 0 heterocycles. The highest BCUT2D eigenvalue weighted by Gasteiger charge is 2.12. The molecule has 0 N–H and O–H groups in total. The van der Waals surface area contributed by atoms with Gasteiger partial charge in [0, 0.05) is 5.56 Å². The zero-order valence-corrected chi connectivity index (χ0v) is 18.5. The summed E-state index contributed by atoms with van der Waals surface area (Å²) in [4.78, 5) is 35.5. The maximum absolute atomic E-state index is 12.4. The van der Waals surface area contributed by atoms with E-state index in [1.807, 2.05) is 0 Å². The van der Waals surface area contributed by atoms with Gasteiger partial charge in [-0.1, -0.05) is 38.3 Å². The molecule has 3 aromatic carbocycles. The lowest BCUT2D eigenvalue weighted by molar-refractivity contribution is 0.0730. The highest BCUT2D eigenvalue weighted by atomic mass is 16.5. The summed E-state index contributed by atoms with van der Waals surface area (Å²) in [6.45, 7) is 2.82. The second kappa shape index (κ2) is 12.2. The number of hydrogen-bond donors (Lipinski definition) is 0. The highest BCUT2D eigenvalue weighted by molar-refractivity contribution is 5.93. The van der Waals surface area contributed by atoms with Crippen molar-refractivity contribution >= 4 is 18.2 Å². The molecule has 0 amide bonds. The number of hydrogen-bond acceptors (Lipinski definition) is 6. The van der Waals surface area contributed by atoms with Crippen LogP contribution >= 0.6 is 0 Å². The zero-order valence-electron chi connectivity index (χ0n) is 18.5. The molecule has 3 aromatic rings. The Morgan fingerprint density at radius 3 is 1.94 bits per heavy atom. The molecule has 0 aromatic heterocycles. The number of rotatable bonds is 11. The molecule has 0 saturated heterocycles. The average Bonchev–Trinajstić information content (AvgIpc) is 2.85. The number of esters is 2. The molecule has 0 radical (unpaired) electrons. The minimum atomic E-state index is -0.582. The van der Waals surface area contributed by atoms with E-state index >= 15 is 0 Å². The summed E-state index contributed by atoms with van der Waals surface area (Å²) in [5.41, 5.74) is 1.09. The van der Waals surface area contributed by atoms with Crippen LogP contribution in [-0.2, 0) is 0 Å². The van der Waals surface area contributed by atoms with Crippen LogP contribution in [0.15, 0.2) is 72.8 Å². The van der Waals surface area contributed by atoms with Crippen molar-refractivity contribution in [3.63, 3.8) is 0 Å². The predicted octanol–water partition coefficient (Wildman–Crippen LogP) is 5.90. The van der Waals surface area contributed by atoms with Crippen LogP contribution in [0.3, 0.4) is 0 Å². The number of ether oxygens (including phenoxy) is 3. The van der Waals surface area contributed by atoms with Gasteiger partial charge in [0.25, 0.3) is 0 Å². The van der Waals surface area contributed by atoms with Gasteiger partial charge in [-0.05, 0) is 67.1 Å². The van der Waals surface area contributed by atoms with Gasteiger partial charge in [-0.3, -0.25) is 4.79 Å². The van der Waals surface area contributed by atoms with Crippen molar-refractivity contribution in [2.75, 3.05) is 6.61 Å². The molecule has 6 heteroatoms. The van der Waals surface area contributed by atoms with Crippen LogP contribution in [0.4, 0.5) is 0 Å². The van der Waals surface area contributed by atoms with E-state index in [4.69, 9.17) is 14.2 Å². The molecule has 0 bridgehead atoms. The molecule has 0 aliphatic carbocycles. The molecule has 0 aliphatic heterocycles. The Balaban J connectivity index is 1.52. The molecule has 3 rings (SSSR count). The molecule has 33 heavy (non-hydrogen) atoms. The fourth-order valence-corrected chi connectivity index (χ4v) is 3.05. The van der Waals surface area contributed by atoms with Crippen molar-refractivity contribution < 1.29 is 28.6 Å². The third kappa shape index (κ3) is 7.31. The summed E-state index contributed by atoms with van der Waals surface area (Å²) in [6.07, 6.45) is 5.21. The van der Waals surface area contributed by atoms with E-state index in [0.717, 1.165) is 12.8 Å². The van der Waals surface area contributed by atoms with E-state index in [1.54, 1.807) is 42.5 Å². The molecule has 0 spiro atoms. The van der Waals surface area contributed by atoms with Crippen molar-refractivity contribution in [1.29, 1.82) is 0 Å². The van der Waals surface area contributed by atoms with Gasteiger partial charge in [0.1, 0.15) is 23.5 Å². The third-order valence-electron chi connectivity index (χ3n) is 4.86. The summed E-state index contributed by atoms with van der Waals surface area (Å²) in [6, 6.07) is 19.1. The van der Waals surface area contributed by atoms with Crippen LogP contribution in [0.25, 0.3) is 0 Å². The highest BCUT2D eigenvalue weighted by Crippen LogP contribution is 2.19. The lowest BCUT2D eigenvalue weighted by Crippen LogP contribution is -2.10. The van der Waals surface area contributed by atoms with Crippen LogP contribution in [0, 0.1) is 0 Å².